The summed E-state index contributed by atoms with van der Waals surface area (Å²) in [6.07, 6.45) is 6.47. The number of fused-ring (bicyclic) bond motifs is 1. The number of anilines is 2. The largest absolute Gasteiger partial charge is 0.347 e. The van der Waals surface area contributed by atoms with E-state index in [4.69, 9.17) is 0 Å². The van der Waals surface area contributed by atoms with Crippen LogP contribution in [0.3, 0.4) is 0 Å². The van der Waals surface area contributed by atoms with E-state index < -0.39 is 6.04 Å². The van der Waals surface area contributed by atoms with Crippen LogP contribution in [0.1, 0.15) is 11.1 Å². The summed E-state index contributed by atoms with van der Waals surface area (Å²) < 4.78 is 1.78. The van der Waals surface area contributed by atoms with E-state index in [2.05, 4.69) is 44.3 Å². The zero-order chi connectivity index (χ0) is 26.1. The number of pyridine rings is 1. The molecule has 1 aliphatic heterocycles. The number of aryl methyl sites for hydroxylation is 1. The first-order valence-corrected chi connectivity index (χ1v) is 13.4. The Hall–Kier alpha value is -4.37. The van der Waals surface area contributed by atoms with Crippen LogP contribution >= 0.6 is 11.3 Å². The molecule has 1 aliphatic rings. The predicted molar refractivity (Wildman–Crippen MR) is 150 cm³/mol. The van der Waals surface area contributed by atoms with Gasteiger partial charge in [0, 0.05) is 56.1 Å². The summed E-state index contributed by atoms with van der Waals surface area (Å²) in [5, 5.41) is 6.29. The lowest BCUT2D eigenvalue weighted by molar-refractivity contribution is -0.119. The van der Waals surface area contributed by atoms with Crippen LogP contribution in [0.15, 0.2) is 84.2 Å². The number of carbonyl (C=O) groups excluding carboxylic acids is 1. The second-order valence-electron chi connectivity index (χ2n) is 9.37. The molecule has 0 radical (unpaired) electrons. The highest BCUT2D eigenvalue weighted by Gasteiger charge is 2.35. The number of hydrogen-bond donors (Lipinski definition) is 0. The van der Waals surface area contributed by atoms with E-state index in [1.807, 2.05) is 59.6 Å². The number of amides is 1. The van der Waals surface area contributed by atoms with E-state index >= 15 is 0 Å². The molecule has 6 rings (SSSR count). The second-order valence-corrected chi connectivity index (χ2v) is 10.1. The summed E-state index contributed by atoms with van der Waals surface area (Å²) in [4.78, 5) is 31.5. The normalized spacial score (nSPS) is 13.4. The Bertz CT molecular complexity index is 1550. The lowest BCUT2D eigenvalue weighted by Gasteiger charge is -2.31. The monoisotopic (exact) mass is 521 g/mol. The number of aromatic nitrogens is 5. The molecule has 1 atom stereocenters. The Morgan fingerprint density at radius 1 is 1.08 bits per heavy atom. The molecule has 190 valence electrons. The van der Waals surface area contributed by atoms with Gasteiger partial charge in [-0.15, -0.1) is 11.3 Å². The van der Waals surface area contributed by atoms with Crippen LogP contribution in [0.25, 0.3) is 22.5 Å². The van der Waals surface area contributed by atoms with Gasteiger partial charge in [0.05, 0.1) is 5.51 Å². The van der Waals surface area contributed by atoms with Gasteiger partial charge in [-0.05, 0) is 52.9 Å². The molecule has 0 unspecified atom stereocenters. The topological polar surface area (TPSA) is 80.0 Å². The van der Waals surface area contributed by atoms with E-state index in [1.165, 1.54) is 11.3 Å². The van der Waals surface area contributed by atoms with E-state index in [-0.39, 0.29) is 5.91 Å². The van der Waals surface area contributed by atoms with E-state index in [9.17, 15) is 4.79 Å². The van der Waals surface area contributed by atoms with E-state index in [0.717, 1.165) is 51.6 Å². The molecule has 3 aromatic heterocycles. The average Bonchev–Trinajstić information content (AvgIpc) is 3.73. The predicted octanol–water partition coefficient (Wildman–Crippen LogP) is 4.64. The highest BCUT2D eigenvalue weighted by molar-refractivity contribution is 7.07. The number of thiazole rings is 1. The summed E-state index contributed by atoms with van der Waals surface area (Å²) in [6.45, 7) is 0.606. The molecule has 0 aliphatic carbocycles. The SMILES string of the molecule is CN(c1cscn1)[C@@H](Cc1ccccc1)C(=O)N1CCc2c(-c3ncnn3C)cc(-c3ccncc3)cc21. The van der Waals surface area contributed by atoms with Gasteiger partial charge in [-0.3, -0.25) is 9.78 Å². The van der Waals surface area contributed by atoms with Gasteiger partial charge in [0.1, 0.15) is 18.2 Å². The summed E-state index contributed by atoms with van der Waals surface area (Å²) in [5.74, 6) is 1.64. The lowest BCUT2D eigenvalue weighted by Crippen LogP contribution is -2.48. The van der Waals surface area contributed by atoms with Crippen molar-refractivity contribution >= 4 is 28.7 Å². The molecule has 5 aromatic rings. The van der Waals surface area contributed by atoms with Gasteiger partial charge < -0.3 is 9.80 Å². The smallest absolute Gasteiger partial charge is 0.250 e. The Kier molecular flexibility index (Phi) is 6.43. The van der Waals surface area contributed by atoms with Gasteiger partial charge in [0.2, 0.25) is 5.91 Å². The highest BCUT2D eigenvalue weighted by atomic mass is 32.1. The van der Waals surface area contributed by atoms with Crippen molar-refractivity contribution in [3.63, 3.8) is 0 Å². The molecule has 0 saturated heterocycles. The van der Waals surface area contributed by atoms with Gasteiger partial charge >= 0.3 is 0 Å². The zero-order valence-electron chi connectivity index (χ0n) is 21.2. The van der Waals surface area contributed by atoms with Crippen molar-refractivity contribution in [2.75, 3.05) is 23.4 Å². The standard InChI is InChI=1S/C29H27N7OS/c1-34(27-17-38-19-32-27)26(14-20-6-4-3-5-7-20)29(37)36-13-10-23-24(28-31-18-33-35(28)2)15-22(16-25(23)36)21-8-11-30-12-9-21/h3-9,11-12,15-19,26H,10,13-14H2,1-2H3/t26-/m0/s1. The molecule has 0 spiro atoms. The summed E-state index contributed by atoms with van der Waals surface area (Å²) in [7, 11) is 3.85. The zero-order valence-corrected chi connectivity index (χ0v) is 22.0. The summed E-state index contributed by atoms with van der Waals surface area (Å²) in [5.41, 5.74) is 7.99. The number of likely N-dealkylation sites (N-methyl/N-ethyl adjacent to an activating group) is 1. The summed E-state index contributed by atoms with van der Waals surface area (Å²) >= 11 is 1.53. The maximum atomic E-state index is 14.4. The third-order valence-electron chi connectivity index (χ3n) is 7.14. The van der Waals surface area contributed by atoms with Crippen LogP contribution < -0.4 is 9.80 Å². The molecule has 2 aromatic carbocycles. The van der Waals surface area contributed by atoms with Crippen molar-refractivity contribution in [2.45, 2.75) is 18.9 Å². The Morgan fingerprint density at radius 3 is 2.61 bits per heavy atom. The quantitative estimate of drug-likeness (QED) is 0.311. The average molecular weight is 522 g/mol. The van der Waals surface area contributed by atoms with Crippen LogP contribution in [0.2, 0.25) is 0 Å². The van der Waals surface area contributed by atoms with Crippen molar-refractivity contribution in [2.24, 2.45) is 7.05 Å². The van der Waals surface area contributed by atoms with Gasteiger partial charge in [0.15, 0.2) is 5.82 Å². The third-order valence-corrected chi connectivity index (χ3v) is 7.71. The van der Waals surface area contributed by atoms with Crippen LogP contribution in [-0.4, -0.2) is 50.3 Å². The number of benzene rings is 2. The minimum absolute atomic E-state index is 0.0545. The van der Waals surface area contributed by atoms with Crippen molar-refractivity contribution < 1.29 is 4.79 Å². The molecule has 0 fully saturated rings. The van der Waals surface area contributed by atoms with E-state index in [1.54, 1.807) is 28.9 Å². The number of hydrogen-bond acceptors (Lipinski definition) is 7. The fourth-order valence-corrected chi connectivity index (χ4v) is 5.71. The Labute approximate surface area is 225 Å². The second kappa shape index (κ2) is 10.2. The van der Waals surface area contributed by atoms with Gasteiger partial charge in [0.25, 0.3) is 0 Å². The third kappa shape index (κ3) is 4.45. The lowest BCUT2D eigenvalue weighted by atomic mass is 9.97. The van der Waals surface area contributed by atoms with Crippen molar-refractivity contribution in [3.8, 4) is 22.5 Å². The molecule has 0 saturated carbocycles. The molecule has 4 heterocycles. The number of nitrogens with zero attached hydrogens (tertiary/aromatic N) is 7. The molecule has 38 heavy (non-hydrogen) atoms. The molecule has 9 heteroatoms. The minimum Gasteiger partial charge on any atom is -0.347 e. The molecular formula is C29H27N7OS. The van der Waals surface area contributed by atoms with Gasteiger partial charge in [-0.1, -0.05) is 30.3 Å². The van der Waals surface area contributed by atoms with Crippen LogP contribution in [0.4, 0.5) is 11.5 Å². The van der Waals surface area contributed by atoms with Crippen LogP contribution in [0, 0.1) is 0 Å². The first kappa shape index (κ1) is 24.0. The van der Waals surface area contributed by atoms with Crippen LogP contribution in [0.5, 0.6) is 0 Å². The van der Waals surface area contributed by atoms with Crippen molar-refractivity contribution in [1.29, 1.82) is 0 Å². The van der Waals surface area contributed by atoms with E-state index in [0.29, 0.717) is 13.0 Å². The molecule has 8 nitrogen and oxygen atoms in total. The van der Waals surface area contributed by atoms with Gasteiger partial charge in [-0.25, -0.2) is 14.6 Å². The Morgan fingerprint density at radius 2 is 1.89 bits per heavy atom. The Balaban J connectivity index is 1.44. The summed E-state index contributed by atoms with van der Waals surface area (Å²) in [6, 6.07) is 18.0. The molecular weight excluding hydrogens is 494 g/mol. The fraction of sp³-hybridized carbons (Fsp3) is 0.207. The fourth-order valence-electron chi connectivity index (χ4n) is 5.13. The van der Waals surface area contributed by atoms with Gasteiger partial charge in [-0.2, -0.15) is 5.10 Å². The maximum Gasteiger partial charge on any atom is 0.250 e. The minimum atomic E-state index is -0.409. The van der Waals surface area contributed by atoms with Crippen molar-refractivity contribution in [1.82, 2.24) is 24.7 Å². The first-order valence-electron chi connectivity index (χ1n) is 12.5. The van der Waals surface area contributed by atoms with Crippen molar-refractivity contribution in [3.05, 3.63) is 95.3 Å². The maximum absolute atomic E-state index is 14.4. The number of carbonyl (C=O) groups is 1. The number of rotatable bonds is 7. The highest BCUT2D eigenvalue weighted by Crippen LogP contribution is 2.40. The molecule has 0 N–H and O–H groups in total. The molecule has 1 amide bonds. The molecule has 0 bridgehead atoms. The van der Waals surface area contributed by atoms with Crippen LogP contribution in [-0.2, 0) is 24.7 Å². The first-order chi connectivity index (χ1) is 18.6.